The fraction of sp³-hybridized carbons (Fsp3) is 0.286. The Balaban J connectivity index is 3.38. The van der Waals surface area contributed by atoms with Crippen molar-refractivity contribution in [2.45, 2.75) is 12.3 Å². The van der Waals surface area contributed by atoms with E-state index in [1.807, 2.05) is 0 Å². The quantitative estimate of drug-likeness (QED) is 0.353. The van der Waals surface area contributed by atoms with Gasteiger partial charge in [0, 0.05) is 6.07 Å². The van der Waals surface area contributed by atoms with Crippen LogP contribution in [0.15, 0.2) is 6.07 Å². The molecule has 82 valence electrons. The molecular formula is C7H4ClF3N2O2. The Morgan fingerprint density at radius 1 is 1.60 bits per heavy atom. The first-order chi connectivity index (χ1) is 6.97. The van der Waals surface area contributed by atoms with Crippen molar-refractivity contribution in [3.8, 4) is 0 Å². The van der Waals surface area contributed by atoms with Gasteiger partial charge in [0.2, 0.25) is 5.95 Å². The van der Waals surface area contributed by atoms with Crippen molar-refractivity contribution < 1.29 is 18.1 Å². The number of hydrogen-bond acceptors (Lipinski definition) is 3. The van der Waals surface area contributed by atoms with Crippen molar-refractivity contribution in [1.82, 2.24) is 4.98 Å². The van der Waals surface area contributed by atoms with Gasteiger partial charge in [0.15, 0.2) is 0 Å². The standard InChI is InChI=1S/C7H4ClF3N2O2/c8-2-3-5(13(14)15)1-4(6(9)10)12-7(3)11/h1,6H,2H2. The summed E-state index contributed by atoms with van der Waals surface area (Å²) in [6.45, 7) is 0. The Morgan fingerprint density at radius 3 is 2.60 bits per heavy atom. The molecule has 0 aliphatic heterocycles. The van der Waals surface area contributed by atoms with E-state index in [0.29, 0.717) is 6.07 Å². The van der Waals surface area contributed by atoms with Crippen molar-refractivity contribution in [3.63, 3.8) is 0 Å². The number of nitro groups is 1. The van der Waals surface area contributed by atoms with Gasteiger partial charge in [-0.15, -0.1) is 11.6 Å². The first kappa shape index (κ1) is 11.7. The van der Waals surface area contributed by atoms with Crippen LogP contribution in [0, 0.1) is 16.1 Å². The van der Waals surface area contributed by atoms with Crippen LogP contribution in [-0.2, 0) is 5.88 Å². The lowest BCUT2D eigenvalue weighted by molar-refractivity contribution is -0.385. The smallest absolute Gasteiger partial charge is 0.258 e. The number of halogens is 4. The molecule has 0 aromatic carbocycles. The lowest BCUT2D eigenvalue weighted by Crippen LogP contribution is -2.03. The maximum atomic E-state index is 13.0. The van der Waals surface area contributed by atoms with Crippen LogP contribution in [0.4, 0.5) is 18.9 Å². The van der Waals surface area contributed by atoms with Crippen LogP contribution in [0.3, 0.4) is 0 Å². The van der Waals surface area contributed by atoms with E-state index < -0.39 is 40.1 Å². The van der Waals surface area contributed by atoms with Crippen LogP contribution in [-0.4, -0.2) is 9.91 Å². The van der Waals surface area contributed by atoms with Crippen molar-refractivity contribution in [2.24, 2.45) is 0 Å². The van der Waals surface area contributed by atoms with Gasteiger partial charge in [0.1, 0.15) is 5.69 Å². The number of pyridine rings is 1. The molecule has 0 amide bonds. The Kier molecular flexibility index (Phi) is 3.46. The minimum absolute atomic E-state index is 0.494. The second kappa shape index (κ2) is 4.43. The van der Waals surface area contributed by atoms with E-state index in [4.69, 9.17) is 11.6 Å². The van der Waals surface area contributed by atoms with Crippen LogP contribution in [0.5, 0.6) is 0 Å². The zero-order valence-corrected chi connectivity index (χ0v) is 7.84. The fourth-order valence-electron chi connectivity index (χ4n) is 0.944. The predicted octanol–water partition coefficient (Wildman–Crippen LogP) is 2.81. The molecule has 1 heterocycles. The molecule has 0 saturated carbocycles. The lowest BCUT2D eigenvalue weighted by atomic mass is 10.2. The van der Waals surface area contributed by atoms with Crippen LogP contribution < -0.4 is 0 Å². The molecule has 15 heavy (non-hydrogen) atoms. The van der Waals surface area contributed by atoms with Gasteiger partial charge in [-0.05, 0) is 0 Å². The van der Waals surface area contributed by atoms with Crippen LogP contribution >= 0.6 is 11.6 Å². The highest BCUT2D eigenvalue weighted by molar-refractivity contribution is 6.17. The van der Waals surface area contributed by atoms with Crippen LogP contribution in [0.2, 0.25) is 0 Å². The molecule has 0 bridgehead atoms. The van der Waals surface area contributed by atoms with E-state index >= 15 is 0 Å². The summed E-state index contributed by atoms with van der Waals surface area (Å²) in [5.74, 6) is -1.84. The van der Waals surface area contributed by atoms with Crippen LogP contribution in [0.1, 0.15) is 17.7 Å². The molecule has 0 aliphatic carbocycles. The van der Waals surface area contributed by atoms with Crippen molar-refractivity contribution in [1.29, 1.82) is 0 Å². The van der Waals surface area contributed by atoms with Gasteiger partial charge in [-0.3, -0.25) is 10.1 Å². The van der Waals surface area contributed by atoms with Crippen molar-refractivity contribution in [2.75, 3.05) is 0 Å². The molecule has 0 aliphatic rings. The molecule has 1 aromatic rings. The average Bonchev–Trinajstić information content (AvgIpc) is 2.16. The summed E-state index contributed by atoms with van der Waals surface area (Å²) in [5.41, 5.74) is -2.26. The van der Waals surface area contributed by atoms with E-state index in [1.165, 1.54) is 0 Å². The molecule has 8 heteroatoms. The maximum absolute atomic E-state index is 13.0. The van der Waals surface area contributed by atoms with Gasteiger partial charge in [0.05, 0.1) is 16.4 Å². The monoisotopic (exact) mass is 240 g/mol. The molecule has 0 unspecified atom stereocenters. The SMILES string of the molecule is O=[N+]([O-])c1cc(C(F)F)nc(F)c1CCl. The van der Waals surface area contributed by atoms with Gasteiger partial charge in [-0.25, -0.2) is 13.8 Å². The van der Waals surface area contributed by atoms with Crippen molar-refractivity contribution in [3.05, 3.63) is 33.4 Å². The third-order valence-corrected chi connectivity index (χ3v) is 1.89. The van der Waals surface area contributed by atoms with Gasteiger partial charge in [-0.1, -0.05) is 0 Å². The van der Waals surface area contributed by atoms with Gasteiger partial charge < -0.3 is 0 Å². The molecule has 4 nitrogen and oxygen atoms in total. The van der Waals surface area contributed by atoms with Gasteiger partial charge >= 0.3 is 0 Å². The summed E-state index contributed by atoms with van der Waals surface area (Å²) in [7, 11) is 0. The highest BCUT2D eigenvalue weighted by Gasteiger charge is 2.23. The summed E-state index contributed by atoms with van der Waals surface area (Å²) < 4.78 is 37.3. The summed E-state index contributed by atoms with van der Waals surface area (Å²) >= 11 is 5.24. The Hall–Kier alpha value is -1.37. The van der Waals surface area contributed by atoms with Gasteiger partial charge in [0.25, 0.3) is 12.1 Å². The Morgan fingerprint density at radius 2 is 2.20 bits per heavy atom. The lowest BCUT2D eigenvalue weighted by Gasteiger charge is -2.03. The minimum atomic E-state index is -3.07. The highest BCUT2D eigenvalue weighted by Crippen LogP contribution is 2.27. The van der Waals surface area contributed by atoms with E-state index in [2.05, 4.69) is 4.98 Å². The molecular weight excluding hydrogens is 237 g/mol. The Bertz CT molecular complexity index is 400. The summed E-state index contributed by atoms with van der Waals surface area (Å²) in [6, 6.07) is 0.519. The molecule has 0 radical (unpaired) electrons. The highest BCUT2D eigenvalue weighted by atomic mass is 35.5. The number of alkyl halides is 3. The maximum Gasteiger partial charge on any atom is 0.280 e. The molecule has 1 aromatic heterocycles. The second-order valence-electron chi connectivity index (χ2n) is 2.53. The van der Waals surface area contributed by atoms with Crippen LogP contribution in [0.25, 0.3) is 0 Å². The minimum Gasteiger partial charge on any atom is -0.258 e. The average molecular weight is 241 g/mol. The zero-order valence-electron chi connectivity index (χ0n) is 7.08. The summed E-state index contributed by atoms with van der Waals surface area (Å²) in [6.07, 6.45) is -3.07. The fourth-order valence-corrected chi connectivity index (χ4v) is 1.19. The third kappa shape index (κ3) is 2.35. The molecule has 0 N–H and O–H groups in total. The topological polar surface area (TPSA) is 56.0 Å². The number of rotatable bonds is 3. The first-order valence-corrected chi connectivity index (χ1v) is 4.18. The summed E-state index contributed by atoms with van der Waals surface area (Å²) in [4.78, 5) is 12.3. The number of aromatic nitrogens is 1. The largest absolute Gasteiger partial charge is 0.280 e. The van der Waals surface area contributed by atoms with Gasteiger partial charge in [-0.2, -0.15) is 4.39 Å². The predicted molar refractivity (Wildman–Crippen MR) is 45.4 cm³/mol. The first-order valence-electron chi connectivity index (χ1n) is 3.65. The van der Waals surface area contributed by atoms with E-state index in [-0.39, 0.29) is 0 Å². The molecule has 0 fully saturated rings. The molecule has 0 saturated heterocycles. The molecule has 0 atom stereocenters. The molecule has 1 rings (SSSR count). The number of nitrogens with zero attached hydrogens (tertiary/aromatic N) is 2. The second-order valence-corrected chi connectivity index (χ2v) is 2.79. The third-order valence-electron chi connectivity index (χ3n) is 1.62. The normalized spacial score (nSPS) is 10.7. The Labute approximate surface area is 86.8 Å². The number of hydrogen-bond donors (Lipinski definition) is 0. The van der Waals surface area contributed by atoms with E-state index in [1.54, 1.807) is 0 Å². The summed E-state index contributed by atoms with van der Waals surface area (Å²) in [5, 5.41) is 10.4. The van der Waals surface area contributed by atoms with Crippen molar-refractivity contribution >= 4 is 17.3 Å². The zero-order chi connectivity index (χ0) is 11.6. The van der Waals surface area contributed by atoms with E-state index in [0.717, 1.165) is 0 Å². The molecule has 0 spiro atoms. The van der Waals surface area contributed by atoms with E-state index in [9.17, 15) is 23.3 Å².